The SMILES string of the molecule is Cc1ccc(-c2c(CSc3ccc(C(N)=O)cc3)c(C)nc(CC(C)C)c2COC(=O)NC(C)(C)C)cc1. The summed E-state index contributed by atoms with van der Waals surface area (Å²) in [7, 11) is 0. The number of nitrogens with zero attached hydrogens (tertiary/aromatic N) is 1. The summed E-state index contributed by atoms with van der Waals surface area (Å²) in [4.78, 5) is 30.1. The van der Waals surface area contributed by atoms with Gasteiger partial charge in [0.1, 0.15) is 6.61 Å². The van der Waals surface area contributed by atoms with Crippen LogP contribution in [0.1, 0.15) is 73.1 Å². The van der Waals surface area contributed by atoms with Crippen LogP contribution in [-0.4, -0.2) is 22.5 Å². The van der Waals surface area contributed by atoms with E-state index in [1.54, 1.807) is 23.9 Å². The lowest BCUT2D eigenvalue weighted by Crippen LogP contribution is -2.40. The number of ether oxygens (including phenoxy) is 1. The van der Waals surface area contributed by atoms with Crippen molar-refractivity contribution < 1.29 is 14.3 Å². The molecule has 0 saturated heterocycles. The molecule has 0 saturated carbocycles. The molecular weight excluding hydrogens is 494 g/mol. The fourth-order valence-corrected chi connectivity index (χ4v) is 5.14. The number of primary amides is 1. The number of carbonyl (C=O) groups excluding carboxylic acids is 2. The molecule has 1 heterocycles. The molecule has 0 unspecified atom stereocenters. The summed E-state index contributed by atoms with van der Waals surface area (Å²) in [6.07, 6.45) is 0.329. The van der Waals surface area contributed by atoms with Crippen molar-refractivity contribution in [3.05, 3.63) is 82.2 Å². The first kappa shape index (κ1) is 29.2. The van der Waals surface area contributed by atoms with Gasteiger partial charge in [0.05, 0.1) is 0 Å². The van der Waals surface area contributed by atoms with E-state index in [9.17, 15) is 9.59 Å². The van der Waals surface area contributed by atoms with Crippen molar-refractivity contribution in [1.29, 1.82) is 0 Å². The Kier molecular flexibility index (Phi) is 9.60. The zero-order chi connectivity index (χ0) is 28.0. The number of aryl methyl sites for hydroxylation is 2. The first-order valence-electron chi connectivity index (χ1n) is 12.9. The number of pyridine rings is 1. The van der Waals surface area contributed by atoms with Gasteiger partial charge in [-0.25, -0.2) is 4.79 Å². The second-order valence-corrected chi connectivity index (χ2v) is 12.1. The van der Waals surface area contributed by atoms with Gasteiger partial charge in [0, 0.05) is 38.7 Å². The van der Waals surface area contributed by atoms with E-state index in [0.29, 0.717) is 17.2 Å². The van der Waals surface area contributed by atoms with E-state index in [4.69, 9.17) is 15.5 Å². The molecule has 0 fully saturated rings. The van der Waals surface area contributed by atoms with Crippen LogP contribution in [0, 0.1) is 19.8 Å². The van der Waals surface area contributed by atoms with Crippen molar-refractivity contribution in [3.63, 3.8) is 0 Å². The molecule has 1 aromatic heterocycles. The molecule has 2 aromatic carbocycles. The lowest BCUT2D eigenvalue weighted by molar-refractivity contribution is 0.1000. The quantitative estimate of drug-likeness (QED) is 0.289. The number of thioether (sulfide) groups is 1. The molecule has 3 N–H and O–H groups in total. The van der Waals surface area contributed by atoms with Crippen LogP contribution >= 0.6 is 11.8 Å². The highest BCUT2D eigenvalue weighted by atomic mass is 32.2. The Morgan fingerprint density at radius 3 is 2.18 bits per heavy atom. The van der Waals surface area contributed by atoms with Crippen LogP contribution in [0.4, 0.5) is 4.79 Å². The Morgan fingerprint density at radius 2 is 1.63 bits per heavy atom. The molecule has 6 nitrogen and oxygen atoms in total. The predicted molar refractivity (Wildman–Crippen MR) is 155 cm³/mol. The van der Waals surface area contributed by atoms with E-state index in [1.807, 2.05) is 39.8 Å². The first-order chi connectivity index (χ1) is 17.8. The lowest BCUT2D eigenvalue weighted by Gasteiger charge is -2.23. The molecule has 0 bridgehead atoms. The largest absolute Gasteiger partial charge is 0.445 e. The number of rotatable bonds is 9. The number of amides is 2. The maximum atomic E-state index is 12.6. The molecule has 3 aromatic rings. The minimum Gasteiger partial charge on any atom is -0.445 e. The van der Waals surface area contributed by atoms with Gasteiger partial charge in [-0.3, -0.25) is 9.78 Å². The zero-order valence-corrected chi connectivity index (χ0v) is 24.3. The number of benzene rings is 2. The van der Waals surface area contributed by atoms with Crippen LogP contribution in [0.15, 0.2) is 53.4 Å². The normalized spacial score (nSPS) is 11.5. The molecule has 38 heavy (non-hydrogen) atoms. The molecule has 0 radical (unpaired) electrons. The molecule has 7 heteroatoms. The van der Waals surface area contributed by atoms with Crippen LogP contribution in [0.25, 0.3) is 11.1 Å². The second-order valence-electron chi connectivity index (χ2n) is 11.1. The fourth-order valence-electron chi connectivity index (χ4n) is 4.15. The molecule has 202 valence electrons. The molecule has 0 spiro atoms. The smallest absolute Gasteiger partial charge is 0.407 e. The fraction of sp³-hybridized carbons (Fsp3) is 0.387. The highest BCUT2D eigenvalue weighted by Crippen LogP contribution is 2.37. The van der Waals surface area contributed by atoms with E-state index in [-0.39, 0.29) is 6.61 Å². The summed E-state index contributed by atoms with van der Waals surface area (Å²) in [6.45, 7) is 14.4. The molecule has 0 aliphatic carbocycles. The van der Waals surface area contributed by atoms with Gasteiger partial charge in [0.2, 0.25) is 5.91 Å². The monoisotopic (exact) mass is 533 g/mol. The van der Waals surface area contributed by atoms with Crippen LogP contribution < -0.4 is 11.1 Å². The summed E-state index contributed by atoms with van der Waals surface area (Å²) in [5.41, 5.74) is 12.8. The summed E-state index contributed by atoms with van der Waals surface area (Å²) in [5, 5.41) is 2.88. The summed E-state index contributed by atoms with van der Waals surface area (Å²) in [6, 6.07) is 15.8. The Hall–Kier alpha value is -3.32. The molecular formula is C31H39N3O3S. The molecule has 0 aliphatic heterocycles. The number of carbonyl (C=O) groups is 2. The average molecular weight is 534 g/mol. The minimum absolute atomic E-state index is 0.130. The van der Waals surface area contributed by atoms with Gasteiger partial charge >= 0.3 is 6.09 Å². The van der Waals surface area contributed by atoms with Crippen LogP contribution in [-0.2, 0) is 23.5 Å². The van der Waals surface area contributed by atoms with Crippen molar-refractivity contribution >= 4 is 23.8 Å². The van der Waals surface area contributed by atoms with Gasteiger partial charge in [0.15, 0.2) is 0 Å². The number of hydrogen-bond acceptors (Lipinski definition) is 5. The van der Waals surface area contributed by atoms with E-state index < -0.39 is 17.5 Å². The highest BCUT2D eigenvalue weighted by molar-refractivity contribution is 7.98. The third-order valence-corrected chi connectivity index (χ3v) is 7.02. The van der Waals surface area contributed by atoms with Crippen molar-refractivity contribution in [3.8, 4) is 11.1 Å². The third-order valence-electron chi connectivity index (χ3n) is 5.98. The third kappa shape index (κ3) is 8.09. The number of aromatic nitrogens is 1. The van der Waals surface area contributed by atoms with Gasteiger partial charge in [-0.2, -0.15) is 0 Å². The molecule has 0 aliphatic rings. The Labute approximate surface area is 230 Å². The lowest BCUT2D eigenvalue weighted by atomic mass is 9.90. The maximum Gasteiger partial charge on any atom is 0.407 e. The summed E-state index contributed by atoms with van der Waals surface area (Å²) in [5.74, 6) is 0.615. The summed E-state index contributed by atoms with van der Waals surface area (Å²) >= 11 is 1.67. The van der Waals surface area contributed by atoms with Gasteiger partial charge in [-0.05, 0) is 87.9 Å². The van der Waals surface area contributed by atoms with E-state index in [1.165, 1.54) is 5.56 Å². The van der Waals surface area contributed by atoms with Gasteiger partial charge in [-0.15, -0.1) is 11.8 Å². The zero-order valence-electron chi connectivity index (χ0n) is 23.5. The van der Waals surface area contributed by atoms with Crippen molar-refractivity contribution in [1.82, 2.24) is 10.3 Å². The number of nitrogens with two attached hydrogens (primary N) is 1. The van der Waals surface area contributed by atoms with Crippen molar-refractivity contribution in [2.24, 2.45) is 11.7 Å². The standard InChI is InChI=1S/C31H39N3O3S/c1-19(2)16-27-25(17-37-30(36)34-31(5,6)7)28(22-10-8-20(3)9-11-22)26(21(4)33-27)18-38-24-14-12-23(13-15-24)29(32)35/h8-15,19H,16-18H2,1-7H3,(H2,32,35)(H,34,36). The van der Waals surface area contributed by atoms with Crippen LogP contribution in [0.3, 0.4) is 0 Å². The van der Waals surface area contributed by atoms with E-state index >= 15 is 0 Å². The molecule has 0 atom stereocenters. The van der Waals surface area contributed by atoms with Crippen molar-refractivity contribution in [2.75, 3.05) is 0 Å². The van der Waals surface area contributed by atoms with Gasteiger partial charge < -0.3 is 15.8 Å². The first-order valence-corrected chi connectivity index (χ1v) is 13.9. The Bertz CT molecular complexity index is 1280. The number of hydrogen-bond donors (Lipinski definition) is 2. The molecule has 3 rings (SSSR count). The number of alkyl carbamates (subject to hydrolysis) is 1. The van der Waals surface area contributed by atoms with Gasteiger partial charge in [0.25, 0.3) is 0 Å². The van der Waals surface area contributed by atoms with E-state index in [2.05, 4.69) is 50.4 Å². The average Bonchev–Trinajstić information content (AvgIpc) is 2.82. The predicted octanol–water partition coefficient (Wildman–Crippen LogP) is 6.98. The Balaban J connectivity index is 2.08. The van der Waals surface area contributed by atoms with Crippen molar-refractivity contribution in [2.45, 2.75) is 77.7 Å². The van der Waals surface area contributed by atoms with Gasteiger partial charge in [-0.1, -0.05) is 43.7 Å². The highest BCUT2D eigenvalue weighted by Gasteiger charge is 2.22. The minimum atomic E-state index is -0.450. The topological polar surface area (TPSA) is 94.3 Å². The van der Waals surface area contributed by atoms with Crippen LogP contribution in [0.2, 0.25) is 0 Å². The maximum absolute atomic E-state index is 12.6. The molecule has 2 amide bonds. The summed E-state index contributed by atoms with van der Waals surface area (Å²) < 4.78 is 5.76. The Morgan fingerprint density at radius 1 is 1.00 bits per heavy atom. The second kappa shape index (κ2) is 12.5. The van der Waals surface area contributed by atoms with Crippen LogP contribution in [0.5, 0.6) is 0 Å². The number of nitrogens with one attached hydrogen (secondary N) is 1. The van der Waals surface area contributed by atoms with E-state index in [0.717, 1.165) is 45.0 Å².